The Morgan fingerprint density at radius 3 is 2.75 bits per heavy atom. The molecule has 116 valence electrons. The molecular formula is C16H31N3O. The average molecular weight is 281 g/mol. The number of aromatic nitrogens is 2. The third-order valence-corrected chi connectivity index (χ3v) is 3.70. The predicted octanol–water partition coefficient (Wildman–Crippen LogP) is 3.02. The molecule has 0 fully saturated rings. The minimum Gasteiger partial charge on any atom is -0.382 e. The number of imidazole rings is 1. The summed E-state index contributed by atoms with van der Waals surface area (Å²) >= 11 is 0. The molecular weight excluding hydrogens is 250 g/mol. The summed E-state index contributed by atoms with van der Waals surface area (Å²) < 4.78 is 7.63. The average Bonchev–Trinajstić information content (AvgIpc) is 2.89. The third kappa shape index (κ3) is 6.06. The summed E-state index contributed by atoms with van der Waals surface area (Å²) in [5.74, 6) is 1.20. The first-order valence-corrected chi connectivity index (χ1v) is 7.97. The van der Waals surface area contributed by atoms with E-state index in [1.165, 1.54) is 12.2 Å². The smallest absolute Gasteiger partial charge is 0.110 e. The van der Waals surface area contributed by atoms with Crippen LogP contribution in [-0.4, -0.2) is 35.4 Å². The zero-order valence-electron chi connectivity index (χ0n) is 13.6. The third-order valence-electron chi connectivity index (χ3n) is 3.70. The van der Waals surface area contributed by atoms with Gasteiger partial charge in [-0.05, 0) is 39.2 Å². The molecule has 0 amide bonds. The van der Waals surface area contributed by atoms with E-state index in [1.54, 1.807) is 7.11 Å². The van der Waals surface area contributed by atoms with Crippen molar-refractivity contribution < 1.29 is 4.74 Å². The highest BCUT2D eigenvalue weighted by Gasteiger charge is 2.14. The number of ether oxygens (including phenoxy) is 1. The van der Waals surface area contributed by atoms with Crippen LogP contribution in [0.5, 0.6) is 0 Å². The number of nitrogens with zero attached hydrogens (tertiary/aromatic N) is 2. The Morgan fingerprint density at radius 1 is 1.30 bits per heavy atom. The number of methoxy groups -OCH3 is 1. The number of hydrogen-bond donors (Lipinski definition) is 1. The SMILES string of the molecule is CCCNC(CCC(C)OC)Cc1nccn1CCC. The molecule has 1 aromatic rings. The van der Waals surface area contributed by atoms with Crippen molar-refractivity contribution in [2.45, 2.75) is 71.6 Å². The Morgan fingerprint density at radius 2 is 2.10 bits per heavy atom. The van der Waals surface area contributed by atoms with E-state index in [1.807, 2.05) is 6.20 Å². The molecule has 2 unspecified atom stereocenters. The second kappa shape index (κ2) is 9.94. The Balaban J connectivity index is 2.55. The molecule has 1 N–H and O–H groups in total. The van der Waals surface area contributed by atoms with Crippen LogP contribution in [0.1, 0.15) is 52.3 Å². The molecule has 0 aliphatic rings. The van der Waals surface area contributed by atoms with Gasteiger partial charge in [0.25, 0.3) is 0 Å². The molecule has 0 saturated heterocycles. The fourth-order valence-electron chi connectivity index (χ4n) is 2.37. The lowest BCUT2D eigenvalue weighted by atomic mass is 10.0. The molecule has 20 heavy (non-hydrogen) atoms. The zero-order chi connectivity index (χ0) is 14.8. The maximum Gasteiger partial charge on any atom is 0.110 e. The van der Waals surface area contributed by atoms with E-state index in [0.717, 1.165) is 38.8 Å². The quantitative estimate of drug-likeness (QED) is 0.677. The standard InChI is InChI=1S/C16H31N3O/c1-5-9-17-15(8-7-14(3)20-4)13-16-18-10-12-19(16)11-6-2/h10,12,14-15,17H,5-9,11,13H2,1-4H3. The molecule has 1 heterocycles. The molecule has 0 radical (unpaired) electrons. The van der Waals surface area contributed by atoms with E-state index >= 15 is 0 Å². The minimum absolute atomic E-state index is 0.330. The van der Waals surface area contributed by atoms with Gasteiger partial charge in [0.2, 0.25) is 0 Å². The number of aryl methyl sites for hydroxylation is 1. The van der Waals surface area contributed by atoms with Gasteiger partial charge in [0, 0.05) is 38.5 Å². The van der Waals surface area contributed by atoms with E-state index in [2.05, 4.69) is 41.8 Å². The maximum atomic E-state index is 5.35. The summed E-state index contributed by atoms with van der Waals surface area (Å²) in [7, 11) is 1.78. The van der Waals surface area contributed by atoms with Crippen LogP contribution in [0.3, 0.4) is 0 Å². The Bertz CT molecular complexity index is 351. The van der Waals surface area contributed by atoms with Crippen LogP contribution in [0.4, 0.5) is 0 Å². The van der Waals surface area contributed by atoms with Crippen LogP contribution in [0.25, 0.3) is 0 Å². The van der Waals surface area contributed by atoms with Crippen molar-refractivity contribution in [3.8, 4) is 0 Å². The first-order valence-electron chi connectivity index (χ1n) is 7.97. The van der Waals surface area contributed by atoms with Gasteiger partial charge in [0.05, 0.1) is 6.10 Å². The number of rotatable bonds is 11. The van der Waals surface area contributed by atoms with Crippen LogP contribution in [0.15, 0.2) is 12.4 Å². The van der Waals surface area contributed by atoms with E-state index in [4.69, 9.17) is 4.74 Å². The van der Waals surface area contributed by atoms with E-state index in [0.29, 0.717) is 12.1 Å². The molecule has 0 bridgehead atoms. The molecule has 1 rings (SSSR count). The van der Waals surface area contributed by atoms with Crippen molar-refractivity contribution in [2.75, 3.05) is 13.7 Å². The summed E-state index contributed by atoms with van der Waals surface area (Å²) in [5, 5.41) is 3.65. The normalized spacial score (nSPS) is 14.4. The summed E-state index contributed by atoms with van der Waals surface area (Å²) in [6.07, 6.45) is 9.88. The second-order valence-electron chi connectivity index (χ2n) is 5.52. The highest BCUT2D eigenvalue weighted by Crippen LogP contribution is 2.10. The maximum absolute atomic E-state index is 5.35. The van der Waals surface area contributed by atoms with Gasteiger partial charge in [-0.2, -0.15) is 0 Å². The van der Waals surface area contributed by atoms with Gasteiger partial charge in [-0.25, -0.2) is 4.98 Å². The topological polar surface area (TPSA) is 39.1 Å². The Kier molecular flexibility index (Phi) is 8.54. The van der Waals surface area contributed by atoms with Crippen molar-refractivity contribution in [3.63, 3.8) is 0 Å². The second-order valence-corrected chi connectivity index (χ2v) is 5.52. The van der Waals surface area contributed by atoms with E-state index < -0.39 is 0 Å². The summed E-state index contributed by atoms with van der Waals surface area (Å²) in [5.41, 5.74) is 0. The van der Waals surface area contributed by atoms with Gasteiger partial charge in [-0.3, -0.25) is 0 Å². The lowest BCUT2D eigenvalue weighted by Crippen LogP contribution is -2.33. The van der Waals surface area contributed by atoms with Crippen LogP contribution in [0.2, 0.25) is 0 Å². The molecule has 0 saturated carbocycles. The van der Waals surface area contributed by atoms with Gasteiger partial charge >= 0.3 is 0 Å². The highest BCUT2D eigenvalue weighted by molar-refractivity contribution is 4.95. The molecule has 4 nitrogen and oxygen atoms in total. The molecule has 1 aromatic heterocycles. The summed E-state index contributed by atoms with van der Waals surface area (Å²) in [6.45, 7) is 8.68. The first kappa shape index (κ1) is 17.2. The van der Waals surface area contributed by atoms with Gasteiger partial charge in [-0.1, -0.05) is 13.8 Å². The van der Waals surface area contributed by atoms with Crippen LogP contribution < -0.4 is 5.32 Å². The monoisotopic (exact) mass is 281 g/mol. The zero-order valence-corrected chi connectivity index (χ0v) is 13.6. The van der Waals surface area contributed by atoms with Crippen LogP contribution in [-0.2, 0) is 17.7 Å². The van der Waals surface area contributed by atoms with Crippen molar-refractivity contribution in [2.24, 2.45) is 0 Å². The van der Waals surface area contributed by atoms with Gasteiger partial charge in [0.15, 0.2) is 0 Å². The van der Waals surface area contributed by atoms with Crippen molar-refractivity contribution in [1.82, 2.24) is 14.9 Å². The van der Waals surface area contributed by atoms with Gasteiger partial charge < -0.3 is 14.6 Å². The first-order chi connectivity index (χ1) is 9.71. The minimum atomic E-state index is 0.330. The van der Waals surface area contributed by atoms with Gasteiger partial charge in [-0.15, -0.1) is 0 Å². The van der Waals surface area contributed by atoms with Crippen molar-refractivity contribution >= 4 is 0 Å². The molecule has 0 spiro atoms. The van der Waals surface area contributed by atoms with Gasteiger partial charge in [0.1, 0.15) is 5.82 Å². The fraction of sp³-hybridized carbons (Fsp3) is 0.812. The molecule has 2 atom stereocenters. The lowest BCUT2D eigenvalue weighted by Gasteiger charge is -2.20. The summed E-state index contributed by atoms with van der Waals surface area (Å²) in [6, 6.07) is 0.491. The molecule has 4 heteroatoms. The fourth-order valence-corrected chi connectivity index (χ4v) is 2.37. The van der Waals surface area contributed by atoms with Crippen molar-refractivity contribution in [3.05, 3.63) is 18.2 Å². The highest BCUT2D eigenvalue weighted by atomic mass is 16.5. The summed E-state index contributed by atoms with van der Waals surface area (Å²) in [4.78, 5) is 4.52. The van der Waals surface area contributed by atoms with E-state index in [9.17, 15) is 0 Å². The lowest BCUT2D eigenvalue weighted by molar-refractivity contribution is 0.106. The molecule has 0 aromatic carbocycles. The van der Waals surface area contributed by atoms with E-state index in [-0.39, 0.29) is 0 Å². The van der Waals surface area contributed by atoms with Crippen LogP contribution in [0, 0.1) is 0 Å². The molecule has 0 aliphatic carbocycles. The van der Waals surface area contributed by atoms with Crippen molar-refractivity contribution in [1.29, 1.82) is 0 Å². The largest absolute Gasteiger partial charge is 0.382 e. The van der Waals surface area contributed by atoms with Crippen LogP contribution >= 0.6 is 0 Å². The number of nitrogens with one attached hydrogen (secondary N) is 1. The number of hydrogen-bond acceptors (Lipinski definition) is 3. The predicted molar refractivity (Wildman–Crippen MR) is 84.0 cm³/mol. The molecule has 0 aliphatic heterocycles. The Hall–Kier alpha value is -0.870. The Labute approximate surface area is 123 Å².